The zero-order chi connectivity index (χ0) is 22.8. The lowest BCUT2D eigenvalue weighted by molar-refractivity contribution is 0.246. The highest BCUT2D eigenvalue weighted by Gasteiger charge is 2.45. The van der Waals surface area contributed by atoms with Crippen molar-refractivity contribution >= 4 is 0 Å². The molecule has 1 aliphatic rings. The van der Waals surface area contributed by atoms with Gasteiger partial charge >= 0.3 is 0 Å². The zero-order valence-corrected chi connectivity index (χ0v) is 22.7. The Bertz CT molecular complexity index is 380. The largest absolute Gasteiger partial charge is 0.306 e. The Hall–Kier alpha value is -0.0400. The molecule has 1 nitrogen and oxygen atoms in total. The second-order valence-electron chi connectivity index (χ2n) is 11.4. The molecule has 0 radical (unpaired) electrons. The van der Waals surface area contributed by atoms with Crippen molar-refractivity contribution in [1.29, 1.82) is 0 Å². The van der Waals surface area contributed by atoms with Crippen LogP contribution in [0.3, 0.4) is 0 Å². The molecule has 0 bridgehead atoms. The van der Waals surface area contributed by atoms with Crippen molar-refractivity contribution in [2.24, 2.45) is 11.3 Å². The third kappa shape index (κ3) is 14.0. The normalized spacial score (nSPS) is 17.2. The van der Waals surface area contributed by atoms with Gasteiger partial charge in [0.05, 0.1) is 0 Å². The SMILES string of the molecule is CCCCCCCCCC(CCCCC[C@@H](C)C1(CCCCCCCC)CC1)N(C)C. The second kappa shape index (κ2) is 18.4. The molecule has 1 unspecified atom stereocenters. The molecule has 2 atom stereocenters. The highest BCUT2D eigenvalue weighted by atomic mass is 15.1. The summed E-state index contributed by atoms with van der Waals surface area (Å²) in [6.07, 6.45) is 32.1. The van der Waals surface area contributed by atoms with E-state index in [1.165, 1.54) is 141 Å². The predicted octanol–water partition coefficient (Wildman–Crippen LogP) is 10.2. The number of nitrogens with zero attached hydrogens (tertiary/aromatic N) is 1. The quantitative estimate of drug-likeness (QED) is 0.144. The lowest BCUT2D eigenvalue weighted by Crippen LogP contribution is -2.27. The first-order valence-electron chi connectivity index (χ1n) is 14.7. The number of rotatable bonds is 23. The third-order valence-electron chi connectivity index (χ3n) is 8.51. The Morgan fingerprint density at radius 3 is 1.48 bits per heavy atom. The van der Waals surface area contributed by atoms with E-state index in [0.29, 0.717) is 0 Å². The third-order valence-corrected chi connectivity index (χ3v) is 8.51. The topological polar surface area (TPSA) is 3.24 Å². The van der Waals surface area contributed by atoms with Crippen LogP contribution in [0.15, 0.2) is 0 Å². The molecule has 1 saturated carbocycles. The highest BCUT2D eigenvalue weighted by molar-refractivity contribution is 4.96. The van der Waals surface area contributed by atoms with Gasteiger partial charge in [-0.1, -0.05) is 130 Å². The van der Waals surface area contributed by atoms with E-state index in [4.69, 9.17) is 0 Å². The minimum atomic E-state index is 0.772. The standard InChI is InChI=1S/C30H61N/c1-6-8-10-12-14-15-19-23-29(31(4)5)24-20-17-18-22-28(3)30(26-27-30)25-21-16-13-11-9-7-2/h28-29H,6-27H2,1-5H3/t28-,29?/m1/s1. The molecule has 1 fully saturated rings. The van der Waals surface area contributed by atoms with Crippen LogP contribution < -0.4 is 0 Å². The predicted molar refractivity (Wildman–Crippen MR) is 142 cm³/mol. The van der Waals surface area contributed by atoms with Gasteiger partial charge in [0.15, 0.2) is 0 Å². The van der Waals surface area contributed by atoms with Crippen molar-refractivity contribution in [2.45, 2.75) is 168 Å². The van der Waals surface area contributed by atoms with Crippen molar-refractivity contribution in [3.63, 3.8) is 0 Å². The van der Waals surface area contributed by atoms with Crippen LogP contribution in [-0.2, 0) is 0 Å². The smallest absolute Gasteiger partial charge is 0.00891 e. The second-order valence-corrected chi connectivity index (χ2v) is 11.4. The molecule has 0 aromatic rings. The van der Waals surface area contributed by atoms with E-state index in [2.05, 4.69) is 39.8 Å². The van der Waals surface area contributed by atoms with Gasteiger partial charge in [0, 0.05) is 6.04 Å². The van der Waals surface area contributed by atoms with Crippen LogP contribution in [0.4, 0.5) is 0 Å². The summed E-state index contributed by atoms with van der Waals surface area (Å²) in [5.74, 6) is 0.973. The lowest BCUT2D eigenvalue weighted by Gasteiger charge is -2.25. The molecule has 0 amide bonds. The molecule has 1 rings (SSSR count). The van der Waals surface area contributed by atoms with Gasteiger partial charge < -0.3 is 4.90 Å². The maximum Gasteiger partial charge on any atom is 0.00891 e. The van der Waals surface area contributed by atoms with Gasteiger partial charge in [-0.3, -0.25) is 0 Å². The summed E-state index contributed by atoms with van der Waals surface area (Å²) in [5, 5.41) is 0. The first kappa shape index (κ1) is 29.0. The molecule has 0 aliphatic heterocycles. The van der Waals surface area contributed by atoms with Crippen LogP contribution in [-0.4, -0.2) is 25.0 Å². The summed E-state index contributed by atoms with van der Waals surface area (Å²) in [5.41, 5.74) is 0.772. The van der Waals surface area contributed by atoms with E-state index < -0.39 is 0 Å². The fourth-order valence-electron chi connectivity index (χ4n) is 5.72. The Kier molecular flexibility index (Phi) is 17.2. The lowest BCUT2D eigenvalue weighted by atomic mass is 9.82. The van der Waals surface area contributed by atoms with Crippen LogP contribution in [0.1, 0.15) is 162 Å². The van der Waals surface area contributed by atoms with Gasteiger partial charge in [0.1, 0.15) is 0 Å². The summed E-state index contributed by atoms with van der Waals surface area (Å²) in [7, 11) is 4.60. The first-order chi connectivity index (χ1) is 15.1. The van der Waals surface area contributed by atoms with Crippen molar-refractivity contribution in [3.8, 4) is 0 Å². The molecular weight excluding hydrogens is 374 g/mol. The van der Waals surface area contributed by atoms with Gasteiger partial charge in [-0.15, -0.1) is 0 Å². The molecule has 186 valence electrons. The summed E-state index contributed by atoms with van der Waals surface area (Å²) in [4.78, 5) is 2.50. The monoisotopic (exact) mass is 435 g/mol. The average molecular weight is 436 g/mol. The van der Waals surface area contributed by atoms with Gasteiger partial charge in [0.2, 0.25) is 0 Å². The van der Waals surface area contributed by atoms with Crippen LogP contribution in [0, 0.1) is 11.3 Å². The van der Waals surface area contributed by atoms with Crippen molar-refractivity contribution in [1.82, 2.24) is 4.90 Å². The Morgan fingerprint density at radius 2 is 1.00 bits per heavy atom. The fourth-order valence-corrected chi connectivity index (χ4v) is 5.72. The molecule has 0 N–H and O–H groups in total. The van der Waals surface area contributed by atoms with Gasteiger partial charge in [-0.2, -0.15) is 0 Å². The van der Waals surface area contributed by atoms with Crippen molar-refractivity contribution in [3.05, 3.63) is 0 Å². The van der Waals surface area contributed by atoms with Crippen molar-refractivity contribution < 1.29 is 0 Å². The number of hydrogen-bond donors (Lipinski definition) is 0. The minimum Gasteiger partial charge on any atom is -0.306 e. The van der Waals surface area contributed by atoms with E-state index in [-0.39, 0.29) is 0 Å². The van der Waals surface area contributed by atoms with Gasteiger partial charge in [0.25, 0.3) is 0 Å². The molecular formula is C30H61N. The maximum atomic E-state index is 2.58. The van der Waals surface area contributed by atoms with Crippen LogP contribution >= 0.6 is 0 Å². The highest BCUT2D eigenvalue weighted by Crippen LogP contribution is 2.57. The first-order valence-corrected chi connectivity index (χ1v) is 14.7. The molecule has 31 heavy (non-hydrogen) atoms. The molecule has 0 saturated heterocycles. The summed E-state index contributed by atoms with van der Waals surface area (Å²) in [6.45, 7) is 7.20. The van der Waals surface area contributed by atoms with E-state index >= 15 is 0 Å². The van der Waals surface area contributed by atoms with E-state index in [1.807, 2.05) is 0 Å². The molecule has 0 heterocycles. The average Bonchev–Trinajstić information content (AvgIpc) is 3.54. The number of unbranched alkanes of at least 4 members (excludes halogenated alkanes) is 13. The molecule has 0 aromatic carbocycles. The van der Waals surface area contributed by atoms with E-state index in [9.17, 15) is 0 Å². The molecule has 0 spiro atoms. The summed E-state index contributed by atoms with van der Waals surface area (Å²) >= 11 is 0. The zero-order valence-electron chi connectivity index (χ0n) is 22.7. The fraction of sp³-hybridized carbons (Fsp3) is 1.00. The Balaban J connectivity index is 2.06. The number of hydrogen-bond acceptors (Lipinski definition) is 1. The maximum absolute atomic E-state index is 2.58. The van der Waals surface area contributed by atoms with Gasteiger partial charge in [-0.25, -0.2) is 0 Å². The van der Waals surface area contributed by atoms with Crippen LogP contribution in [0.2, 0.25) is 0 Å². The van der Waals surface area contributed by atoms with Crippen LogP contribution in [0.5, 0.6) is 0 Å². The molecule has 1 aliphatic carbocycles. The summed E-state index contributed by atoms with van der Waals surface area (Å²) < 4.78 is 0. The Morgan fingerprint density at radius 1 is 0.581 bits per heavy atom. The van der Waals surface area contributed by atoms with Crippen molar-refractivity contribution in [2.75, 3.05) is 14.1 Å². The van der Waals surface area contributed by atoms with E-state index in [0.717, 1.165) is 17.4 Å². The summed E-state index contributed by atoms with van der Waals surface area (Å²) in [6, 6.07) is 0.815. The minimum absolute atomic E-state index is 0.772. The molecule has 1 heteroatoms. The van der Waals surface area contributed by atoms with Gasteiger partial charge in [-0.05, 0) is 57.5 Å². The van der Waals surface area contributed by atoms with E-state index in [1.54, 1.807) is 0 Å². The van der Waals surface area contributed by atoms with Crippen LogP contribution in [0.25, 0.3) is 0 Å². The Labute approximate surface area is 198 Å². The molecule has 0 aromatic heterocycles.